The Morgan fingerprint density at radius 1 is 1.67 bits per heavy atom. The first-order chi connectivity index (χ1) is 5.66. The summed E-state index contributed by atoms with van der Waals surface area (Å²) in [5, 5.41) is 0. The van der Waals surface area contributed by atoms with E-state index in [1.54, 1.807) is 0 Å². The van der Waals surface area contributed by atoms with Gasteiger partial charge >= 0.3 is 0 Å². The minimum Gasteiger partial charge on any atom is -0.338 e. The Labute approximate surface area is 73.6 Å². The molecule has 0 bridgehead atoms. The lowest BCUT2D eigenvalue weighted by atomic mass is 9.98. The van der Waals surface area contributed by atoms with Crippen molar-refractivity contribution in [2.75, 3.05) is 0 Å². The molecule has 3 nitrogen and oxygen atoms in total. The number of imidazole rings is 1. The molecule has 0 aromatic carbocycles. The third kappa shape index (κ3) is 1.67. The van der Waals surface area contributed by atoms with Gasteiger partial charge in [-0.2, -0.15) is 0 Å². The van der Waals surface area contributed by atoms with Crippen molar-refractivity contribution < 1.29 is 0 Å². The number of nitrogens with zero attached hydrogens (tertiary/aromatic N) is 2. The van der Waals surface area contributed by atoms with E-state index in [9.17, 15) is 0 Å². The van der Waals surface area contributed by atoms with Gasteiger partial charge in [-0.25, -0.2) is 4.98 Å². The predicted octanol–water partition coefficient (Wildman–Crippen LogP) is 1.26. The van der Waals surface area contributed by atoms with Crippen LogP contribution in [0.25, 0.3) is 0 Å². The van der Waals surface area contributed by atoms with Crippen LogP contribution in [0.15, 0.2) is 12.4 Å². The highest BCUT2D eigenvalue weighted by Gasteiger charge is 2.17. The molecule has 68 valence electrons. The van der Waals surface area contributed by atoms with Gasteiger partial charge in [-0.15, -0.1) is 0 Å². The fraction of sp³-hybridized carbons (Fsp3) is 0.667. The molecule has 2 N–H and O–H groups in total. The van der Waals surface area contributed by atoms with Crippen molar-refractivity contribution in [2.45, 2.75) is 32.2 Å². The highest BCUT2D eigenvalue weighted by molar-refractivity contribution is 5.02. The van der Waals surface area contributed by atoms with E-state index in [0.29, 0.717) is 5.92 Å². The molecule has 2 atom stereocenters. The molecule has 0 fully saturated rings. The molecule has 0 spiro atoms. The second-order valence-corrected chi connectivity index (χ2v) is 3.27. The lowest BCUT2D eigenvalue weighted by Gasteiger charge is -2.18. The third-order valence-electron chi connectivity index (χ3n) is 2.26. The number of hydrogen-bond donors (Lipinski definition) is 1. The van der Waals surface area contributed by atoms with Gasteiger partial charge in [-0.05, 0) is 13.3 Å². The molecule has 0 aliphatic carbocycles. The Morgan fingerprint density at radius 3 is 2.67 bits per heavy atom. The minimum atomic E-state index is 0.177. The second kappa shape index (κ2) is 3.72. The zero-order valence-corrected chi connectivity index (χ0v) is 7.99. The number of nitrogens with two attached hydrogens (primary N) is 1. The average molecular weight is 167 g/mol. The maximum atomic E-state index is 5.85. The van der Waals surface area contributed by atoms with E-state index >= 15 is 0 Å². The summed E-state index contributed by atoms with van der Waals surface area (Å²) in [5.41, 5.74) is 5.85. The van der Waals surface area contributed by atoms with Crippen molar-refractivity contribution in [1.29, 1.82) is 0 Å². The van der Waals surface area contributed by atoms with E-state index in [4.69, 9.17) is 5.73 Å². The van der Waals surface area contributed by atoms with Crippen LogP contribution in [0.1, 0.15) is 32.0 Å². The van der Waals surface area contributed by atoms with E-state index in [0.717, 1.165) is 12.2 Å². The van der Waals surface area contributed by atoms with E-state index in [1.807, 2.05) is 30.9 Å². The Hall–Kier alpha value is -0.830. The van der Waals surface area contributed by atoms with Crippen LogP contribution in [-0.4, -0.2) is 15.6 Å². The van der Waals surface area contributed by atoms with Crippen LogP contribution in [0.4, 0.5) is 0 Å². The Kier molecular flexibility index (Phi) is 2.87. The molecular weight excluding hydrogens is 150 g/mol. The summed E-state index contributed by atoms with van der Waals surface area (Å²) in [7, 11) is 2.01. The van der Waals surface area contributed by atoms with E-state index < -0.39 is 0 Å². The second-order valence-electron chi connectivity index (χ2n) is 3.27. The normalized spacial score (nSPS) is 16.0. The number of hydrogen-bond acceptors (Lipinski definition) is 2. The first-order valence-electron chi connectivity index (χ1n) is 4.39. The van der Waals surface area contributed by atoms with Crippen molar-refractivity contribution in [3.05, 3.63) is 18.2 Å². The van der Waals surface area contributed by atoms with Gasteiger partial charge in [0, 0.05) is 31.4 Å². The summed E-state index contributed by atoms with van der Waals surface area (Å²) >= 11 is 0. The van der Waals surface area contributed by atoms with Gasteiger partial charge in [0.1, 0.15) is 5.82 Å². The Morgan fingerprint density at radius 2 is 2.33 bits per heavy atom. The highest BCUT2D eigenvalue weighted by atomic mass is 15.0. The van der Waals surface area contributed by atoms with Crippen LogP contribution < -0.4 is 5.73 Å². The molecule has 0 amide bonds. The smallest absolute Gasteiger partial charge is 0.113 e. The van der Waals surface area contributed by atoms with Crippen molar-refractivity contribution in [1.82, 2.24) is 9.55 Å². The molecule has 1 rings (SSSR count). The zero-order chi connectivity index (χ0) is 9.14. The molecule has 0 aliphatic heterocycles. The molecule has 0 saturated carbocycles. The van der Waals surface area contributed by atoms with Crippen molar-refractivity contribution in [3.8, 4) is 0 Å². The summed E-state index contributed by atoms with van der Waals surface area (Å²) in [4.78, 5) is 4.29. The SMILES string of the molecule is CCC(c1nccn1C)C(C)N. The first kappa shape index (κ1) is 9.26. The summed E-state index contributed by atoms with van der Waals surface area (Å²) < 4.78 is 2.04. The number of aromatic nitrogens is 2. The largest absolute Gasteiger partial charge is 0.338 e. The van der Waals surface area contributed by atoms with Crippen molar-refractivity contribution in [3.63, 3.8) is 0 Å². The summed E-state index contributed by atoms with van der Waals surface area (Å²) in [6.07, 6.45) is 4.82. The van der Waals surface area contributed by atoms with Gasteiger partial charge in [0.15, 0.2) is 0 Å². The van der Waals surface area contributed by atoms with Gasteiger partial charge in [-0.3, -0.25) is 0 Å². The quantitative estimate of drug-likeness (QED) is 0.736. The zero-order valence-electron chi connectivity index (χ0n) is 7.99. The molecule has 1 aromatic heterocycles. The van der Waals surface area contributed by atoms with Crippen LogP contribution in [0.2, 0.25) is 0 Å². The van der Waals surface area contributed by atoms with Gasteiger partial charge in [0.05, 0.1) is 0 Å². The van der Waals surface area contributed by atoms with Crippen LogP contribution in [-0.2, 0) is 7.05 Å². The molecule has 3 heteroatoms. The highest BCUT2D eigenvalue weighted by Crippen LogP contribution is 2.19. The van der Waals surface area contributed by atoms with Gasteiger partial charge < -0.3 is 10.3 Å². The monoisotopic (exact) mass is 167 g/mol. The summed E-state index contributed by atoms with van der Waals surface area (Å²) in [5.74, 6) is 1.47. The lowest BCUT2D eigenvalue weighted by Crippen LogP contribution is -2.26. The van der Waals surface area contributed by atoms with Crippen LogP contribution in [0.5, 0.6) is 0 Å². The average Bonchev–Trinajstić information content (AvgIpc) is 2.38. The number of rotatable bonds is 3. The van der Waals surface area contributed by atoms with Crippen molar-refractivity contribution in [2.24, 2.45) is 12.8 Å². The van der Waals surface area contributed by atoms with E-state index in [1.165, 1.54) is 0 Å². The number of aryl methyl sites for hydroxylation is 1. The molecule has 0 aliphatic rings. The molecule has 1 aromatic rings. The summed E-state index contributed by atoms with van der Waals surface area (Å²) in [6.45, 7) is 4.17. The van der Waals surface area contributed by atoms with Gasteiger partial charge in [0.25, 0.3) is 0 Å². The van der Waals surface area contributed by atoms with E-state index in [2.05, 4.69) is 11.9 Å². The third-order valence-corrected chi connectivity index (χ3v) is 2.26. The maximum Gasteiger partial charge on any atom is 0.113 e. The molecule has 0 saturated heterocycles. The molecular formula is C9H17N3. The lowest BCUT2D eigenvalue weighted by molar-refractivity contribution is 0.510. The van der Waals surface area contributed by atoms with Crippen LogP contribution in [0, 0.1) is 0 Å². The Bertz CT molecular complexity index is 240. The fourth-order valence-electron chi connectivity index (χ4n) is 1.52. The van der Waals surface area contributed by atoms with Crippen LogP contribution >= 0.6 is 0 Å². The Balaban J connectivity index is 2.87. The van der Waals surface area contributed by atoms with Gasteiger partial charge in [0.2, 0.25) is 0 Å². The molecule has 12 heavy (non-hydrogen) atoms. The topological polar surface area (TPSA) is 43.8 Å². The predicted molar refractivity (Wildman–Crippen MR) is 49.9 cm³/mol. The molecule has 0 radical (unpaired) electrons. The fourth-order valence-corrected chi connectivity index (χ4v) is 1.52. The van der Waals surface area contributed by atoms with Crippen molar-refractivity contribution >= 4 is 0 Å². The van der Waals surface area contributed by atoms with E-state index in [-0.39, 0.29) is 6.04 Å². The van der Waals surface area contributed by atoms with Crippen LogP contribution in [0.3, 0.4) is 0 Å². The van der Waals surface area contributed by atoms with Gasteiger partial charge in [-0.1, -0.05) is 6.92 Å². The standard InChI is InChI=1S/C9H17N3/c1-4-8(7(2)10)9-11-5-6-12(9)3/h5-8H,4,10H2,1-3H3. The maximum absolute atomic E-state index is 5.85. The molecule has 2 unspecified atom stereocenters. The minimum absolute atomic E-state index is 0.177. The first-order valence-corrected chi connectivity index (χ1v) is 4.39. The molecule has 1 heterocycles. The summed E-state index contributed by atoms with van der Waals surface area (Å²) in [6, 6.07) is 0.177.